The molecule has 0 fully saturated rings. The van der Waals surface area contributed by atoms with E-state index >= 15 is 0 Å². The topological polar surface area (TPSA) is 107 Å². The van der Waals surface area contributed by atoms with Gasteiger partial charge in [-0.05, 0) is 54.0 Å². The summed E-state index contributed by atoms with van der Waals surface area (Å²) in [6, 6.07) is 11.9. The van der Waals surface area contributed by atoms with Crippen LogP contribution in [0.1, 0.15) is 24.5 Å². The van der Waals surface area contributed by atoms with Gasteiger partial charge in [0.2, 0.25) is 0 Å². The number of nitrogens with one attached hydrogen (secondary N) is 1. The molecular formula is C25H26N2O6. The summed E-state index contributed by atoms with van der Waals surface area (Å²) in [5.41, 5.74) is 1.24. The minimum Gasteiger partial charge on any atom is -0.493 e. The number of rotatable bonds is 10. The maximum absolute atomic E-state index is 12.3. The molecule has 2 aromatic carbocycles. The monoisotopic (exact) mass is 450 g/mol. The quantitative estimate of drug-likeness (QED) is 0.254. The molecule has 0 aliphatic rings. The van der Waals surface area contributed by atoms with Gasteiger partial charge in [0.25, 0.3) is 5.91 Å². The van der Waals surface area contributed by atoms with Gasteiger partial charge in [-0.3, -0.25) is 4.79 Å². The summed E-state index contributed by atoms with van der Waals surface area (Å²) >= 11 is 0. The fourth-order valence-corrected chi connectivity index (χ4v) is 2.77. The molecule has 0 spiro atoms. The first kappa shape index (κ1) is 25.0. The van der Waals surface area contributed by atoms with Gasteiger partial charge in [-0.2, -0.15) is 5.26 Å². The number of amides is 1. The first-order valence-corrected chi connectivity index (χ1v) is 10.2. The zero-order valence-electron chi connectivity index (χ0n) is 19.0. The second-order valence-electron chi connectivity index (χ2n) is 6.70. The number of esters is 1. The van der Waals surface area contributed by atoms with E-state index in [9.17, 15) is 14.9 Å². The second-order valence-corrected chi connectivity index (χ2v) is 6.70. The molecule has 0 atom stereocenters. The van der Waals surface area contributed by atoms with Crippen molar-refractivity contribution in [2.24, 2.45) is 0 Å². The molecule has 172 valence electrons. The van der Waals surface area contributed by atoms with E-state index in [2.05, 4.69) is 5.32 Å². The van der Waals surface area contributed by atoms with Crippen molar-refractivity contribution in [3.8, 4) is 29.1 Å². The Bertz CT molecular complexity index is 1100. The smallest absolute Gasteiger partial charge is 0.336 e. The summed E-state index contributed by atoms with van der Waals surface area (Å²) in [7, 11) is 4.50. The van der Waals surface area contributed by atoms with Crippen molar-refractivity contribution in [1.29, 1.82) is 5.26 Å². The number of nitriles is 1. The first-order chi connectivity index (χ1) is 15.9. The number of carbonyl (C=O) groups excluding carboxylic acids is 2. The summed E-state index contributed by atoms with van der Waals surface area (Å²) < 4.78 is 21.1. The van der Waals surface area contributed by atoms with Gasteiger partial charge in [0.05, 0.1) is 21.3 Å². The van der Waals surface area contributed by atoms with Crippen LogP contribution in [0.3, 0.4) is 0 Å². The van der Waals surface area contributed by atoms with Gasteiger partial charge in [0.1, 0.15) is 11.6 Å². The Morgan fingerprint density at radius 2 is 1.55 bits per heavy atom. The predicted molar refractivity (Wildman–Crippen MR) is 124 cm³/mol. The highest BCUT2D eigenvalue weighted by Crippen LogP contribution is 2.30. The minimum atomic E-state index is -0.608. The molecule has 0 saturated carbocycles. The molecule has 0 heterocycles. The van der Waals surface area contributed by atoms with Gasteiger partial charge in [-0.1, -0.05) is 19.1 Å². The lowest BCUT2D eigenvalue weighted by Gasteiger charge is -2.09. The van der Waals surface area contributed by atoms with Crippen LogP contribution in [0.5, 0.6) is 23.0 Å². The highest BCUT2D eigenvalue weighted by Gasteiger charge is 2.12. The maximum atomic E-state index is 12.3. The van der Waals surface area contributed by atoms with Gasteiger partial charge >= 0.3 is 5.97 Å². The standard InChI is InChI=1S/C25H26N2O6/c1-5-12-27-25(29)19(16-26)13-18-7-10-21(23(15-18)32-4)33-24(28)11-8-17-6-9-20(30-2)22(14-17)31-3/h6-11,13-15H,5,12H2,1-4H3,(H,27,29)/b11-8+,19-13+. The number of benzene rings is 2. The molecule has 0 aromatic heterocycles. The molecule has 2 aromatic rings. The molecule has 1 amide bonds. The van der Waals surface area contributed by atoms with Crippen LogP contribution in [-0.2, 0) is 9.59 Å². The van der Waals surface area contributed by atoms with E-state index in [-0.39, 0.29) is 17.1 Å². The summed E-state index contributed by atoms with van der Waals surface area (Å²) in [6.45, 7) is 2.40. The molecule has 0 aliphatic heterocycles. The van der Waals surface area contributed by atoms with Crippen LogP contribution in [0, 0.1) is 11.3 Å². The zero-order valence-corrected chi connectivity index (χ0v) is 19.0. The molecule has 1 N–H and O–H groups in total. The first-order valence-electron chi connectivity index (χ1n) is 10.2. The van der Waals surface area contributed by atoms with Gasteiger partial charge in [0.15, 0.2) is 23.0 Å². The Hall–Kier alpha value is -4.25. The van der Waals surface area contributed by atoms with Crippen molar-refractivity contribution in [3.63, 3.8) is 0 Å². The lowest BCUT2D eigenvalue weighted by atomic mass is 10.1. The number of hydrogen-bond donors (Lipinski definition) is 1. The third-order valence-corrected chi connectivity index (χ3v) is 4.43. The van der Waals surface area contributed by atoms with E-state index in [0.717, 1.165) is 12.0 Å². The predicted octanol–water partition coefficient (Wildman–Crippen LogP) is 3.76. The van der Waals surface area contributed by atoms with Crippen LogP contribution >= 0.6 is 0 Å². The molecule has 8 heteroatoms. The van der Waals surface area contributed by atoms with Crippen molar-refractivity contribution < 1.29 is 28.5 Å². The number of carbonyl (C=O) groups is 2. The lowest BCUT2D eigenvalue weighted by molar-refractivity contribution is -0.129. The minimum absolute atomic E-state index is 0.0342. The molecule has 2 rings (SSSR count). The highest BCUT2D eigenvalue weighted by molar-refractivity contribution is 6.01. The van der Waals surface area contributed by atoms with Crippen LogP contribution in [0.15, 0.2) is 48.0 Å². The molecular weight excluding hydrogens is 424 g/mol. The van der Waals surface area contributed by atoms with E-state index in [0.29, 0.717) is 23.6 Å². The Morgan fingerprint density at radius 1 is 0.939 bits per heavy atom. The third kappa shape index (κ3) is 7.14. The molecule has 0 saturated heterocycles. The van der Waals surface area contributed by atoms with Crippen molar-refractivity contribution in [2.45, 2.75) is 13.3 Å². The van der Waals surface area contributed by atoms with Crippen molar-refractivity contribution >= 4 is 24.0 Å². The average Bonchev–Trinajstić information content (AvgIpc) is 2.84. The average molecular weight is 450 g/mol. The van der Waals surface area contributed by atoms with Crippen molar-refractivity contribution in [1.82, 2.24) is 5.32 Å². The zero-order chi connectivity index (χ0) is 24.2. The van der Waals surface area contributed by atoms with Gasteiger partial charge in [-0.15, -0.1) is 0 Å². The van der Waals surface area contributed by atoms with Crippen LogP contribution in [0.2, 0.25) is 0 Å². The molecule has 8 nitrogen and oxygen atoms in total. The highest BCUT2D eigenvalue weighted by atomic mass is 16.6. The van der Waals surface area contributed by atoms with Crippen molar-refractivity contribution in [2.75, 3.05) is 27.9 Å². The second kappa shape index (κ2) is 12.6. The van der Waals surface area contributed by atoms with E-state index < -0.39 is 11.9 Å². The van der Waals surface area contributed by atoms with Crippen molar-refractivity contribution in [3.05, 3.63) is 59.2 Å². The largest absolute Gasteiger partial charge is 0.493 e. The fraction of sp³-hybridized carbons (Fsp3) is 0.240. The Kier molecular flexibility index (Phi) is 9.53. The maximum Gasteiger partial charge on any atom is 0.336 e. The number of hydrogen-bond acceptors (Lipinski definition) is 7. The fourth-order valence-electron chi connectivity index (χ4n) is 2.77. The number of nitrogens with zero attached hydrogens (tertiary/aromatic N) is 1. The third-order valence-electron chi connectivity index (χ3n) is 4.43. The van der Waals surface area contributed by atoms with E-state index in [1.807, 2.05) is 13.0 Å². The van der Waals surface area contributed by atoms with E-state index in [4.69, 9.17) is 18.9 Å². The molecule has 0 bridgehead atoms. The molecule has 0 radical (unpaired) electrons. The summed E-state index contributed by atoms with van der Waals surface area (Å²) in [6.07, 6.45) is 5.07. The lowest BCUT2D eigenvalue weighted by Crippen LogP contribution is -2.25. The molecule has 0 aliphatic carbocycles. The Labute approximate surface area is 193 Å². The van der Waals surface area contributed by atoms with Crippen LogP contribution < -0.4 is 24.3 Å². The summed E-state index contributed by atoms with van der Waals surface area (Å²) in [5, 5.41) is 11.9. The van der Waals surface area contributed by atoms with Gasteiger partial charge in [-0.25, -0.2) is 4.79 Å². The Morgan fingerprint density at radius 3 is 2.18 bits per heavy atom. The summed E-state index contributed by atoms with van der Waals surface area (Å²) in [4.78, 5) is 24.3. The summed E-state index contributed by atoms with van der Waals surface area (Å²) in [5.74, 6) is 0.544. The van der Waals surface area contributed by atoms with Crippen LogP contribution in [-0.4, -0.2) is 39.8 Å². The van der Waals surface area contributed by atoms with Crippen LogP contribution in [0.25, 0.3) is 12.2 Å². The molecule has 33 heavy (non-hydrogen) atoms. The van der Waals surface area contributed by atoms with Crippen LogP contribution in [0.4, 0.5) is 0 Å². The SMILES string of the molecule is CCCNC(=O)/C(C#N)=C/c1ccc(OC(=O)/C=C/c2ccc(OC)c(OC)c2)c(OC)c1. The Balaban J connectivity index is 2.15. The number of methoxy groups -OCH3 is 3. The van der Waals surface area contributed by atoms with E-state index in [1.54, 1.807) is 43.5 Å². The van der Waals surface area contributed by atoms with Gasteiger partial charge < -0.3 is 24.3 Å². The normalized spacial score (nSPS) is 10.9. The number of ether oxygens (including phenoxy) is 4. The van der Waals surface area contributed by atoms with E-state index in [1.165, 1.54) is 32.4 Å². The molecule has 0 unspecified atom stereocenters. The van der Waals surface area contributed by atoms with Gasteiger partial charge in [0, 0.05) is 12.6 Å².